The number of anilines is 1. The summed E-state index contributed by atoms with van der Waals surface area (Å²) in [7, 11) is 0. The van der Waals surface area contributed by atoms with Crippen molar-refractivity contribution in [3.63, 3.8) is 0 Å². The Hall–Kier alpha value is -1.03. The van der Waals surface area contributed by atoms with Gasteiger partial charge in [-0.2, -0.15) is 0 Å². The van der Waals surface area contributed by atoms with Gasteiger partial charge in [-0.05, 0) is 30.4 Å². The van der Waals surface area contributed by atoms with E-state index in [1.165, 1.54) is 5.56 Å². The van der Waals surface area contributed by atoms with E-state index in [-0.39, 0.29) is 6.03 Å². The standard InChI is InChI=1S/C10H16N2OS/c1-3-4-5-11-10(13)12-9-6-8(2)7-14-9/h6-7H,3-5H2,1-2H3,(H2,11,12,13). The fourth-order valence-corrected chi connectivity index (χ4v) is 1.82. The molecule has 1 rings (SSSR count). The van der Waals surface area contributed by atoms with Crippen molar-refractivity contribution in [1.29, 1.82) is 0 Å². The van der Waals surface area contributed by atoms with E-state index in [0.717, 1.165) is 24.4 Å². The molecule has 0 unspecified atom stereocenters. The molecule has 1 aromatic heterocycles. The fourth-order valence-electron chi connectivity index (χ4n) is 1.03. The maximum atomic E-state index is 11.3. The van der Waals surface area contributed by atoms with Crippen molar-refractivity contribution in [3.8, 4) is 0 Å². The van der Waals surface area contributed by atoms with E-state index in [0.29, 0.717) is 0 Å². The summed E-state index contributed by atoms with van der Waals surface area (Å²) < 4.78 is 0. The molecule has 14 heavy (non-hydrogen) atoms. The average molecular weight is 212 g/mol. The van der Waals surface area contributed by atoms with E-state index >= 15 is 0 Å². The van der Waals surface area contributed by atoms with Crippen molar-refractivity contribution in [3.05, 3.63) is 17.0 Å². The Balaban J connectivity index is 2.27. The number of aryl methyl sites for hydroxylation is 1. The Bertz CT molecular complexity index is 296. The van der Waals surface area contributed by atoms with Crippen LogP contribution in [-0.4, -0.2) is 12.6 Å². The predicted octanol–water partition coefficient (Wildman–Crippen LogP) is 2.98. The highest BCUT2D eigenvalue weighted by molar-refractivity contribution is 7.14. The lowest BCUT2D eigenvalue weighted by atomic mass is 10.3. The largest absolute Gasteiger partial charge is 0.338 e. The summed E-state index contributed by atoms with van der Waals surface area (Å²) in [6, 6.07) is 1.85. The first-order valence-corrected chi connectivity index (χ1v) is 5.70. The van der Waals surface area contributed by atoms with Crippen LogP contribution in [0.15, 0.2) is 11.4 Å². The highest BCUT2D eigenvalue weighted by Gasteiger charge is 2.01. The van der Waals surface area contributed by atoms with Crippen LogP contribution in [0.2, 0.25) is 0 Å². The zero-order chi connectivity index (χ0) is 10.4. The van der Waals surface area contributed by atoms with Crippen LogP contribution in [0.5, 0.6) is 0 Å². The van der Waals surface area contributed by atoms with Gasteiger partial charge in [-0.15, -0.1) is 11.3 Å². The van der Waals surface area contributed by atoms with E-state index < -0.39 is 0 Å². The van der Waals surface area contributed by atoms with Gasteiger partial charge in [-0.25, -0.2) is 4.79 Å². The molecule has 0 aliphatic rings. The van der Waals surface area contributed by atoms with Gasteiger partial charge < -0.3 is 5.32 Å². The highest BCUT2D eigenvalue weighted by atomic mass is 32.1. The first kappa shape index (κ1) is 11.0. The van der Waals surface area contributed by atoms with Gasteiger partial charge >= 0.3 is 6.03 Å². The molecule has 0 fully saturated rings. The van der Waals surface area contributed by atoms with Crippen molar-refractivity contribution in [2.45, 2.75) is 26.7 Å². The summed E-state index contributed by atoms with van der Waals surface area (Å²) >= 11 is 1.55. The molecule has 2 N–H and O–H groups in total. The van der Waals surface area contributed by atoms with E-state index in [4.69, 9.17) is 0 Å². The second kappa shape index (κ2) is 5.65. The number of thiophene rings is 1. The smallest absolute Gasteiger partial charge is 0.319 e. The van der Waals surface area contributed by atoms with Gasteiger partial charge in [0.2, 0.25) is 0 Å². The number of urea groups is 1. The molecule has 0 saturated carbocycles. The van der Waals surface area contributed by atoms with E-state index in [1.54, 1.807) is 11.3 Å². The highest BCUT2D eigenvalue weighted by Crippen LogP contribution is 2.18. The molecular formula is C10H16N2OS. The maximum Gasteiger partial charge on any atom is 0.319 e. The number of carbonyl (C=O) groups excluding carboxylic acids is 1. The average Bonchev–Trinajstić information content (AvgIpc) is 2.52. The third kappa shape index (κ3) is 3.79. The van der Waals surface area contributed by atoms with Gasteiger partial charge in [0, 0.05) is 6.54 Å². The molecule has 0 radical (unpaired) electrons. The predicted molar refractivity (Wildman–Crippen MR) is 61.0 cm³/mol. The minimum atomic E-state index is -0.111. The number of rotatable bonds is 4. The van der Waals surface area contributed by atoms with Gasteiger partial charge in [0.25, 0.3) is 0 Å². The van der Waals surface area contributed by atoms with Crippen LogP contribution in [0.3, 0.4) is 0 Å². The Morgan fingerprint density at radius 2 is 2.36 bits per heavy atom. The zero-order valence-corrected chi connectivity index (χ0v) is 9.41. The van der Waals surface area contributed by atoms with Crippen LogP contribution in [0.4, 0.5) is 9.80 Å². The van der Waals surface area contributed by atoms with Gasteiger partial charge in [0.15, 0.2) is 0 Å². The number of hydrogen-bond acceptors (Lipinski definition) is 2. The maximum absolute atomic E-state index is 11.3. The van der Waals surface area contributed by atoms with E-state index in [1.807, 2.05) is 18.4 Å². The summed E-state index contributed by atoms with van der Waals surface area (Å²) in [4.78, 5) is 11.3. The van der Waals surface area contributed by atoms with E-state index in [2.05, 4.69) is 17.6 Å². The van der Waals surface area contributed by atoms with Gasteiger partial charge in [0.05, 0.1) is 5.00 Å². The Morgan fingerprint density at radius 3 is 2.93 bits per heavy atom. The van der Waals surface area contributed by atoms with Crippen LogP contribution in [0, 0.1) is 6.92 Å². The third-order valence-electron chi connectivity index (χ3n) is 1.78. The number of amides is 2. The summed E-state index contributed by atoms with van der Waals surface area (Å²) in [6.45, 7) is 4.85. The lowest BCUT2D eigenvalue weighted by molar-refractivity contribution is 0.252. The van der Waals surface area contributed by atoms with Gasteiger partial charge in [-0.1, -0.05) is 13.3 Å². The zero-order valence-electron chi connectivity index (χ0n) is 8.59. The molecule has 0 aliphatic carbocycles. The molecule has 0 spiro atoms. The van der Waals surface area contributed by atoms with Crippen LogP contribution < -0.4 is 10.6 Å². The van der Waals surface area contributed by atoms with Crippen LogP contribution in [0.25, 0.3) is 0 Å². The molecule has 78 valence electrons. The molecule has 2 amide bonds. The molecule has 0 saturated heterocycles. The Kier molecular flexibility index (Phi) is 4.46. The summed E-state index contributed by atoms with van der Waals surface area (Å²) in [5.74, 6) is 0. The summed E-state index contributed by atoms with van der Waals surface area (Å²) in [5.41, 5.74) is 1.18. The lowest BCUT2D eigenvalue weighted by Crippen LogP contribution is -2.29. The summed E-state index contributed by atoms with van der Waals surface area (Å²) in [5, 5.41) is 8.50. The van der Waals surface area contributed by atoms with Crippen molar-refractivity contribution in [2.24, 2.45) is 0 Å². The number of unbranched alkanes of at least 4 members (excludes halogenated alkanes) is 1. The number of carbonyl (C=O) groups is 1. The SMILES string of the molecule is CCCCNC(=O)Nc1cc(C)cs1. The van der Waals surface area contributed by atoms with Crippen molar-refractivity contribution >= 4 is 22.4 Å². The quantitative estimate of drug-likeness (QED) is 0.740. The third-order valence-corrected chi connectivity index (χ3v) is 2.75. The Labute approximate surface area is 88.5 Å². The van der Waals surface area contributed by atoms with Gasteiger partial charge in [0.1, 0.15) is 0 Å². The molecule has 0 aliphatic heterocycles. The van der Waals surface area contributed by atoms with E-state index in [9.17, 15) is 4.79 Å². The lowest BCUT2D eigenvalue weighted by Gasteiger charge is -2.04. The van der Waals surface area contributed by atoms with Crippen molar-refractivity contribution in [1.82, 2.24) is 5.32 Å². The first-order valence-electron chi connectivity index (χ1n) is 4.82. The molecule has 0 atom stereocenters. The topological polar surface area (TPSA) is 41.1 Å². The second-order valence-corrected chi connectivity index (χ2v) is 4.13. The molecule has 3 nitrogen and oxygen atoms in total. The summed E-state index contributed by atoms with van der Waals surface area (Å²) in [6.07, 6.45) is 2.12. The first-order chi connectivity index (χ1) is 6.72. The second-order valence-electron chi connectivity index (χ2n) is 3.22. The minimum absolute atomic E-state index is 0.111. The van der Waals surface area contributed by atoms with Crippen LogP contribution in [-0.2, 0) is 0 Å². The Morgan fingerprint density at radius 1 is 1.57 bits per heavy atom. The number of hydrogen-bond donors (Lipinski definition) is 2. The van der Waals surface area contributed by atoms with Crippen molar-refractivity contribution < 1.29 is 4.79 Å². The molecule has 1 aromatic rings. The molecular weight excluding hydrogens is 196 g/mol. The molecule has 0 aromatic carbocycles. The van der Waals surface area contributed by atoms with Crippen LogP contribution in [0.1, 0.15) is 25.3 Å². The molecule has 0 bridgehead atoms. The molecule has 4 heteroatoms. The fraction of sp³-hybridized carbons (Fsp3) is 0.500. The van der Waals surface area contributed by atoms with Gasteiger partial charge in [-0.3, -0.25) is 5.32 Å². The van der Waals surface area contributed by atoms with Crippen LogP contribution >= 0.6 is 11.3 Å². The number of nitrogens with one attached hydrogen (secondary N) is 2. The normalized spacial score (nSPS) is 9.86. The molecule has 1 heterocycles. The van der Waals surface area contributed by atoms with Crippen molar-refractivity contribution in [2.75, 3.05) is 11.9 Å². The minimum Gasteiger partial charge on any atom is -0.338 e. The monoisotopic (exact) mass is 212 g/mol.